The smallest absolute Gasteiger partial charge is 0.231 e. The van der Waals surface area contributed by atoms with E-state index >= 15 is 0 Å². The van der Waals surface area contributed by atoms with Gasteiger partial charge in [0.25, 0.3) is 0 Å². The minimum absolute atomic E-state index is 0.235. The summed E-state index contributed by atoms with van der Waals surface area (Å²) in [7, 11) is 0. The van der Waals surface area contributed by atoms with Crippen molar-refractivity contribution in [2.45, 2.75) is 25.3 Å². The molecule has 8 heteroatoms. The summed E-state index contributed by atoms with van der Waals surface area (Å²) in [5.41, 5.74) is 6.24. The van der Waals surface area contributed by atoms with Crippen molar-refractivity contribution in [3.63, 3.8) is 0 Å². The predicted molar refractivity (Wildman–Crippen MR) is 91.4 cm³/mol. The molecule has 0 bridgehead atoms. The zero-order valence-corrected chi connectivity index (χ0v) is 14.1. The summed E-state index contributed by atoms with van der Waals surface area (Å²) in [6.45, 7) is 2.02. The topological polar surface area (TPSA) is 84.1 Å². The number of nitrogens with two attached hydrogens (primary N) is 1. The van der Waals surface area contributed by atoms with E-state index in [1.54, 1.807) is 12.1 Å². The Bertz CT molecular complexity index is 682. The summed E-state index contributed by atoms with van der Waals surface area (Å²) >= 11 is 1.52. The number of carbonyl (C=O) groups is 1. The van der Waals surface area contributed by atoms with Gasteiger partial charge in [0, 0.05) is 25.6 Å². The van der Waals surface area contributed by atoms with Gasteiger partial charge in [-0.25, -0.2) is 4.39 Å². The number of likely N-dealkylation sites (tertiary alicyclic amines) is 1. The van der Waals surface area contributed by atoms with Crippen molar-refractivity contribution in [2.75, 3.05) is 25.0 Å². The maximum atomic E-state index is 12.9. The number of anilines is 1. The lowest BCUT2D eigenvalue weighted by molar-refractivity contribution is -0.119. The van der Waals surface area contributed by atoms with Crippen LogP contribution in [-0.2, 0) is 11.2 Å². The Balaban J connectivity index is 1.49. The molecule has 0 spiro atoms. The molecule has 0 aliphatic carbocycles. The second-order valence-electron chi connectivity index (χ2n) is 5.97. The number of rotatable bonds is 6. The van der Waals surface area contributed by atoms with E-state index in [1.807, 2.05) is 0 Å². The highest BCUT2D eigenvalue weighted by Crippen LogP contribution is 2.22. The van der Waals surface area contributed by atoms with Crippen LogP contribution in [0.1, 0.15) is 23.4 Å². The molecule has 1 aliphatic heterocycles. The van der Waals surface area contributed by atoms with Gasteiger partial charge in [0.2, 0.25) is 11.0 Å². The van der Waals surface area contributed by atoms with Gasteiger partial charge in [-0.15, -0.1) is 10.2 Å². The lowest BCUT2D eigenvalue weighted by Gasteiger charge is -2.31. The van der Waals surface area contributed by atoms with Crippen LogP contribution >= 0.6 is 11.3 Å². The molecule has 2 aromatic rings. The maximum absolute atomic E-state index is 12.9. The highest BCUT2D eigenvalue weighted by atomic mass is 32.1. The molecule has 3 rings (SSSR count). The van der Waals surface area contributed by atoms with Crippen molar-refractivity contribution < 1.29 is 9.18 Å². The number of nitrogens with zero attached hydrogens (tertiary/aromatic N) is 3. The van der Waals surface area contributed by atoms with Crippen LogP contribution in [0.25, 0.3) is 0 Å². The van der Waals surface area contributed by atoms with E-state index in [9.17, 15) is 9.18 Å². The molecule has 1 amide bonds. The molecule has 0 atom stereocenters. The quantitative estimate of drug-likeness (QED) is 0.828. The van der Waals surface area contributed by atoms with Gasteiger partial charge in [-0.05, 0) is 30.5 Å². The second-order valence-corrected chi connectivity index (χ2v) is 7.03. The van der Waals surface area contributed by atoms with Crippen LogP contribution in [0.3, 0.4) is 0 Å². The van der Waals surface area contributed by atoms with Crippen LogP contribution in [-0.4, -0.2) is 46.7 Å². The molecular weight excluding hydrogens is 329 g/mol. The Kier molecular flexibility index (Phi) is 5.37. The third-order valence-electron chi connectivity index (χ3n) is 4.03. The maximum Gasteiger partial charge on any atom is 0.231 e. The third-order valence-corrected chi connectivity index (χ3v) is 4.88. The number of piperidine rings is 1. The average molecular weight is 349 g/mol. The van der Waals surface area contributed by atoms with Crippen LogP contribution in [0.2, 0.25) is 0 Å². The number of carbonyl (C=O) groups excluding carboxylic acids is 1. The van der Waals surface area contributed by atoms with Gasteiger partial charge < -0.3 is 11.1 Å². The number of hydrogen-bond acceptors (Lipinski definition) is 6. The van der Waals surface area contributed by atoms with Crippen molar-refractivity contribution in [3.8, 4) is 0 Å². The first-order chi connectivity index (χ1) is 11.6. The van der Waals surface area contributed by atoms with Crippen LogP contribution in [0.5, 0.6) is 0 Å². The normalized spacial score (nSPS) is 16.2. The molecule has 1 aliphatic rings. The molecule has 128 valence electrons. The predicted octanol–water partition coefficient (Wildman–Crippen LogP) is 1.63. The number of primary amides is 1. The molecule has 0 unspecified atom stereocenters. The first-order valence-corrected chi connectivity index (χ1v) is 8.74. The monoisotopic (exact) mass is 349 g/mol. The van der Waals surface area contributed by atoms with Gasteiger partial charge in [-0.2, -0.15) is 0 Å². The zero-order chi connectivity index (χ0) is 16.9. The fraction of sp³-hybridized carbons (Fsp3) is 0.438. The lowest BCUT2D eigenvalue weighted by Crippen LogP contribution is -2.42. The van der Waals surface area contributed by atoms with Crippen LogP contribution < -0.4 is 11.1 Å². The minimum atomic E-state index is -0.282. The van der Waals surface area contributed by atoms with Gasteiger partial charge in [0.05, 0.1) is 6.54 Å². The minimum Gasteiger partial charge on any atom is -0.369 e. The Morgan fingerprint density at radius 2 is 2.00 bits per heavy atom. The largest absolute Gasteiger partial charge is 0.369 e. The lowest BCUT2D eigenvalue weighted by atomic mass is 10.1. The summed E-state index contributed by atoms with van der Waals surface area (Å²) in [4.78, 5) is 13.0. The average Bonchev–Trinajstić information content (AvgIpc) is 2.98. The first-order valence-electron chi connectivity index (χ1n) is 7.92. The molecular formula is C16H20FN5OS. The van der Waals surface area contributed by atoms with E-state index in [4.69, 9.17) is 5.73 Å². The summed E-state index contributed by atoms with van der Waals surface area (Å²) in [6.07, 6.45) is 2.54. The summed E-state index contributed by atoms with van der Waals surface area (Å²) in [5, 5.41) is 13.5. The van der Waals surface area contributed by atoms with Crippen LogP contribution in [0.15, 0.2) is 24.3 Å². The molecule has 6 nitrogen and oxygen atoms in total. The fourth-order valence-electron chi connectivity index (χ4n) is 2.79. The number of nitrogens with one attached hydrogen (secondary N) is 1. The summed E-state index contributed by atoms with van der Waals surface area (Å²) < 4.78 is 12.9. The first kappa shape index (κ1) is 16.8. The van der Waals surface area contributed by atoms with Crippen LogP contribution in [0.4, 0.5) is 9.52 Å². The SMILES string of the molecule is NC(=O)CN1CCC(Nc2nnc(Cc3ccc(F)cc3)s2)CC1. The van der Waals surface area contributed by atoms with E-state index in [-0.39, 0.29) is 11.7 Å². The zero-order valence-electron chi connectivity index (χ0n) is 13.2. The molecule has 3 N–H and O–H groups in total. The van der Waals surface area contributed by atoms with Crippen molar-refractivity contribution in [1.29, 1.82) is 0 Å². The molecule has 24 heavy (non-hydrogen) atoms. The molecule has 0 radical (unpaired) electrons. The van der Waals surface area contributed by atoms with Crippen LogP contribution in [0, 0.1) is 5.82 Å². The van der Waals surface area contributed by atoms with E-state index in [0.29, 0.717) is 19.0 Å². The van der Waals surface area contributed by atoms with Crippen molar-refractivity contribution in [2.24, 2.45) is 5.73 Å². The molecule has 1 fully saturated rings. The number of hydrogen-bond donors (Lipinski definition) is 2. The van der Waals surface area contributed by atoms with Gasteiger partial charge in [-0.1, -0.05) is 23.5 Å². The Morgan fingerprint density at radius 1 is 1.29 bits per heavy atom. The van der Waals surface area contributed by atoms with E-state index in [2.05, 4.69) is 20.4 Å². The summed E-state index contributed by atoms with van der Waals surface area (Å²) in [6, 6.07) is 6.77. The Labute approximate surface area is 143 Å². The van der Waals surface area contributed by atoms with Gasteiger partial charge in [0.1, 0.15) is 10.8 Å². The Morgan fingerprint density at radius 3 is 2.67 bits per heavy atom. The molecule has 2 heterocycles. The van der Waals surface area contributed by atoms with Crippen molar-refractivity contribution in [3.05, 3.63) is 40.7 Å². The molecule has 1 saturated heterocycles. The van der Waals surface area contributed by atoms with E-state index < -0.39 is 0 Å². The van der Waals surface area contributed by atoms with Gasteiger partial charge in [0.15, 0.2) is 0 Å². The highest BCUT2D eigenvalue weighted by molar-refractivity contribution is 7.15. The number of benzene rings is 1. The molecule has 1 aromatic carbocycles. The molecule has 0 saturated carbocycles. The standard InChI is InChI=1S/C16H20FN5OS/c17-12-3-1-11(2-4-12)9-15-20-21-16(24-15)19-13-5-7-22(8-6-13)10-14(18)23/h1-4,13H,5-10H2,(H2,18,23)(H,19,21). The summed E-state index contributed by atoms with van der Waals surface area (Å²) in [5.74, 6) is -0.517. The van der Waals surface area contributed by atoms with Gasteiger partial charge in [-0.3, -0.25) is 9.69 Å². The second kappa shape index (κ2) is 7.67. The number of amides is 1. The van der Waals surface area contributed by atoms with Crippen molar-refractivity contribution in [1.82, 2.24) is 15.1 Å². The van der Waals surface area contributed by atoms with E-state index in [1.165, 1.54) is 23.5 Å². The highest BCUT2D eigenvalue weighted by Gasteiger charge is 2.21. The van der Waals surface area contributed by atoms with Crippen molar-refractivity contribution >= 4 is 22.4 Å². The third kappa shape index (κ3) is 4.72. The molecule has 1 aromatic heterocycles. The number of aromatic nitrogens is 2. The fourth-order valence-corrected chi connectivity index (χ4v) is 3.64. The Hall–Kier alpha value is -2.06. The van der Waals surface area contributed by atoms with Gasteiger partial charge >= 0.3 is 0 Å². The van der Waals surface area contributed by atoms with E-state index in [0.717, 1.165) is 41.6 Å². The number of halogens is 1.